The Labute approximate surface area is 162 Å². The van der Waals surface area contributed by atoms with E-state index < -0.39 is 0 Å². The molecule has 0 aliphatic carbocycles. The Morgan fingerprint density at radius 1 is 1.15 bits per heavy atom. The van der Waals surface area contributed by atoms with Crippen molar-refractivity contribution >= 4 is 17.6 Å². The lowest BCUT2D eigenvalue weighted by Crippen LogP contribution is -2.37. The van der Waals surface area contributed by atoms with Crippen molar-refractivity contribution in [2.75, 3.05) is 26.9 Å². The van der Waals surface area contributed by atoms with Crippen LogP contribution in [0.4, 0.5) is 9.18 Å². The largest absolute Gasteiger partial charge is 0.493 e. The second-order valence-corrected chi connectivity index (χ2v) is 5.86. The number of hydrogen-bond acceptors (Lipinski definition) is 4. The molecule has 0 fully saturated rings. The van der Waals surface area contributed by atoms with Gasteiger partial charge in [-0.15, -0.1) is 0 Å². The predicted molar refractivity (Wildman–Crippen MR) is 101 cm³/mol. The van der Waals surface area contributed by atoms with Gasteiger partial charge >= 0.3 is 6.03 Å². The van der Waals surface area contributed by atoms with Crippen LogP contribution in [0.3, 0.4) is 0 Å². The molecule has 2 aromatic rings. The van der Waals surface area contributed by atoms with Crippen LogP contribution >= 0.6 is 11.6 Å². The number of carbonyl (C=O) groups is 1. The van der Waals surface area contributed by atoms with E-state index in [1.54, 1.807) is 12.1 Å². The monoisotopic (exact) mass is 396 g/mol. The van der Waals surface area contributed by atoms with Crippen LogP contribution in [0.2, 0.25) is 5.02 Å². The van der Waals surface area contributed by atoms with Gasteiger partial charge in [-0.3, -0.25) is 0 Å². The highest BCUT2D eigenvalue weighted by atomic mass is 35.5. The summed E-state index contributed by atoms with van der Waals surface area (Å²) in [6.07, 6.45) is 0. The summed E-state index contributed by atoms with van der Waals surface area (Å²) in [6, 6.07) is 8.80. The van der Waals surface area contributed by atoms with E-state index >= 15 is 0 Å². The number of urea groups is 1. The molecule has 0 radical (unpaired) electrons. The van der Waals surface area contributed by atoms with Crippen LogP contribution in [-0.4, -0.2) is 32.9 Å². The molecule has 2 amide bonds. The van der Waals surface area contributed by atoms with E-state index in [-0.39, 0.29) is 25.0 Å². The summed E-state index contributed by atoms with van der Waals surface area (Å²) >= 11 is 6.20. The smallest absolute Gasteiger partial charge is 0.315 e. The minimum atomic E-state index is -0.346. The minimum Gasteiger partial charge on any atom is -0.493 e. The molecular weight excluding hydrogens is 375 g/mol. The number of rotatable bonds is 9. The molecular formula is C19H22ClFN2O4. The molecule has 0 unspecified atom stereocenters. The summed E-state index contributed by atoms with van der Waals surface area (Å²) < 4.78 is 28.9. The van der Waals surface area contributed by atoms with Gasteiger partial charge in [0.1, 0.15) is 18.2 Å². The van der Waals surface area contributed by atoms with Crippen molar-refractivity contribution in [1.29, 1.82) is 0 Å². The van der Waals surface area contributed by atoms with Crippen LogP contribution in [0.25, 0.3) is 0 Å². The summed E-state index contributed by atoms with van der Waals surface area (Å²) in [5.74, 6) is 1.20. The third kappa shape index (κ3) is 6.53. The number of carbonyl (C=O) groups excluding carboxylic acids is 1. The first-order valence-electron chi connectivity index (χ1n) is 8.42. The van der Waals surface area contributed by atoms with E-state index in [0.29, 0.717) is 35.4 Å². The van der Waals surface area contributed by atoms with Crippen molar-refractivity contribution in [3.05, 3.63) is 52.8 Å². The van der Waals surface area contributed by atoms with Gasteiger partial charge in [0.15, 0.2) is 11.5 Å². The number of hydrogen-bond donors (Lipinski definition) is 2. The molecule has 6 nitrogen and oxygen atoms in total. The Morgan fingerprint density at radius 3 is 2.56 bits per heavy atom. The summed E-state index contributed by atoms with van der Waals surface area (Å²) in [4.78, 5) is 11.9. The van der Waals surface area contributed by atoms with E-state index in [9.17, 15) is 9.18 Å². The molecule has 146 valence electrons. The first-order chi connectivity index (χ1) is 13.0. The number of benzene rings is 2. The van der Waals surface area contributed by atoms with Crippen molar-refractivity contribution in [3.8, 4) is 17.2 Å². The van der Waals surface area contributed by atoms with Gasteiger partial charge in [-0.2, -0.15) is 0 Å². The van der Waals surface area contributed by atoms with Crippen molar-refractivity contribution in [3.63, 3.8) is 0 Å². The molecule has 0 bridgehead atoms. The highest BCUT2D eigenvalue weighted by Gasteiger charge is 2.12. The van der Waals surface area contributed by atoms with E-state index in [2.05, 4.69) is 10.6 Å². The lowest BCUT2D eigenvalue weighted by Gasteiger charge is -2.14. The van der Waals surface area contributed by atoms with Crippen LogP contribution in [0, 0.1) is 5.82 Å². The van der Waals surface area contributed by atoms with Gasteiger partial charge in [-0.25, -0.2) is 9.18 Å². The van der Waals surface area contributed by atoms with Crippen LogP contribution in [0.5, 0.6) is 17.2 Å². The summed E-state index contributed by atoms with van der Waals surface area (Å²) in [6.45, 7) is 3.16. The Morgan fingerprint density at radius 2 is 1.89 bits per heavy atom. The Hall–Kier alpha value is -2.67. The fourth-order valence-electron chi connectivity index (χ4n) is 2.27. The van der Waals surface area contributed by atoms with Gasteiger partial charge < -0.3 is 24.8 Å². The lowest BCUT2D eigenvalue weighted by atomic mass is 10.2. The molecule has 2 N–H and O–H groups in total. The zero-order valence-corrected chi connectivity index (χ0v) is 15.9. The summed E-state index contributed by atoms with van der Waals surface area (Å²) in [5.41, 5.74) is 0.776. The molecule has 27 heavy (non-hydrogen) atoms. The average molecular weight is 397 g/mol. The van der Waals surface area contributed by atoms with E-state index in [1.807, 2.05) is 6.92 Å². The molecule has 0 heterocycles. The molecule has 2 aromatic carbocycles. The second kappa shape index (κ2) is 10.5. The molecule has 8 heteroatoms. The average Bonchev–Trinajstić information content (AvgIpc) is 2.66. The molecule has 0 saturated heterocycles. The van der Waals surface area contributed by atoms with Gasteiger partial charge in [0.05, 0.1) is 25.3 Å². The van der Waals surface area contributed by atoms with Gasteiger partial charge in [0.2, 0.25) is 0 Å². The van der Waals surface area contributed by atoms with Crippen molar-refractivity contribution in [1.82, 2.24) is 10.6 Å². The van der Waals surface area contributed by atoms with Crippen molar-refractivity contribution < 1.29 is 23.4 Å². The molecule has 0 saturated carbocycles. The molecule has 2 rings (SSSR count). The minimum absolute atomic E-state index is 0.266. The topological polar surface area (TPSA) is 68.8 Å². The number of nitrogens with one attached hydrogen (secondary N) is 2. The molecule has 0 spiro atoms. The van der Waals surface area contributed by atoms with E-state index in [0.717, 1.165) is 5.56 Å². The van der Waals surface area contributed by atoms with Crippen LogP contribution < -0.4 is 24.8 Å². The van der Waals surface area contributed by atoms with Crippen LogP contribution in [0.15, 0.2) is 36.4 Å². The van der Waals surface area contributed by atoms with Gasteiger partial charge in [-0.05, 0) is 48.9 Å². The van der Waals surface area contributed by atoms with Crippen LogP contribution in [0.1, 0.15) is 12.5 Å². The second-order valence-electron chi connectivity index (χ2n) is 5.45. The third-order valence-corrected chi connectivity index (χ3v) is 3.78. The summed E-state index contributed by atoms with van der Waals surface area (Å²) in [5, 5.41) is 5.81. The Balaban J connectivity index is 1.76. The first-order valence-corrected chi connectivity index (χ1v) is 8.80. The first kappa shape index (κ1) is 20.6. The Kier molecular flexibility index (Phi) is 8.00. The quantitative estimate of drug-likeness (QED) is 0.633. The van der Waals surface area contributed by atoms with Gasteiger partial charge in [0.25, 0.3) is 0 Å². The Bertz CT molecular complexity index is 756. The highest BCUT2D eigenvalue weighted by molar-refractivity contribution is 6.32. The number of halogens is 2. The molecule has 0 atom stereocenters. The zero-order valence-electron chi connectivity index (χ0n) is 15.2. The summed E-state index contributed by atoms with van der Waals surface area (Å²) in [7, 11) is 1.53. The lowest BCUT2D eigenvalue weighted by molar-refractivity contribution is 0.236. The standard InChI is InChI=1S/C19H22ClFN2O4/c1-3-26-18-16(20)10-13(11-17(18)25-2)12-23-19(24)22-8-9-27-15-6-4-14(21)5-7-15/h4-7,10-11H,3,8-9,12H2,1-2H3,(H2,22,23,24). The number of amides is 2. The molecule has 0 aromatic heterocycles. The van der Waals surface area contributed by atoms with Gasteiger partial charge in [0, 0.05) is 6.54 Å². The number of ether oxygens (including phenoxy) is 3. The van der Waals surface area contributed by atoms with Crippen molar-refractivity contribution in [2.24, 2.45) is 0 Å². The fourth-order valence-corrected chi connectivity index (χ4v) is 2.56. The maximum atomic E-state index is 12.8. The number of methoxy groups -OCH3 is 1. The third-order valence-electron chi connectivity index (χ3n) is 3.50. The molecule has 0 aliphatic heterocycles. The van der Waals surface area contributed by atoms with Crippen molar-refractivity contribution in [2.45, 2.75) is 13.5 Å². The molecule has 0 aliphatic rings. The zero-order chi connectivity index (χ0) is 19.6. The van der Waals surface area contributed by atoms with Gasteiger partial charge in [-0.1, -0.05) is 11.6 Å². The van der Waals surface area contributed by atoms with E-state index in [4.69, 9.17) is 25.8 Å². The highest BCUT2D eigenvalue weighted by Crippen LogP contribution is 2.36. The normalized spacial score (nSPS) is 10.2. The fraction of sp³-hybridized carbons (Fsp3) is 0.316. The van der Waals surface area contributed by atoms with E-state index in [1.165, 1.54) is 31.4 Å². The SMILES string of the molecule is CCOc1c(Cl)cc(CNC(=O)NCCOc2ccc(F)cc2)cc1OC. The maximum absolute atomic E-state index is 12.8. The maximum Gasteiger partial charge on any atom is 0.315 e. The predicted octanol–water partition coefficient (Wildman–Crippen LogP) is 3.76. The van der Waals surface area contributed by atoms with Crippen LogP contribution in [-0.2, 0) is 6.54 Å².